The van der Waals surface area contributed by atoms with Gasteiger partial charge in [-0.1, -0.05) is 0 Å². The first-order chi connectivity index (χ1) is 17.2. The third-order valence-corrected chi connectivity index (χ3v) is 4.75. The molecule has 2 aromatic heterocycles. The van der Waals surface area contributed by atoms with E-state index in [0.717, 1.165) is 6.20 Å². The van der Waals surface area contributed by atoms with Crippen molar-refractivity contribution in [1.82, 2.24) is 14.9 Å². The Morgan fingerprint density at radius 1 is 1.00 bits per heavy atom. The lowest BCUT2D eigenvalue weighted by atomic mass is 10.2. The van der Waals surface area contributed by atoms with E-state index in [1.165, 1.54) is 29.2 Å². The Hall–Kier alpha value is -4.51. The zero-order valence-electron chi connectivity index (χ0n) is 20.2. The molecule has 0 bridgehead atoms. The molecule has 0 saturated heterocycles. The van der Waals surface area contributed by atoms with Crippen molar-refractivity contribution < 1.29 is 33.7 Å². The van der Waals surface area contributed by atoms with Crippen LogP contribution in [0, 0.1) is 0 Å². The second-order valence-electron chi connectivity index (χ2n) is 7.93. The summed E-state index contributed by atoms with van der Waals surface area (Å²) in [6.45, 7) is 2.09. The third-order valence-electron chi connectivity index (χ3n) is 4.75. The lowest BCUT2D eigenvalue weighted by Crippen LogP contribution is -2.21. The molecule has 11 heteroatoms. The van der Waals surface area contributed by atoms with Gasteiger partial charge in [0.05, 0.1) is 17.7 Å². The van der Waals surface area contributed by atoms with Gasteiger partial charge >= 0.3 is 5.97 Å². The maximum atomic E-state index is 12.9. The lowest BCUT2D eigenvalue weighted by Gasteiger charge is -2.15. The van der Waals surface area contributed by atoms with Crippen molar-refractivity contribution in [2.24, 2.45) is 0 Å². The summed E-state index contributed by atoms with van der Waals surface area (Å²) in [7, 11) is 4.86. The quantitative estimate of drug-likeness (QED) is 0.434. The van der Waals surface area contributed by atoms with Crippen LogP contribution in [-0.4, -0.2) is 71.7 Å². The first-order valence-corrected chi connectivity index (χ1v) is 10.8. The van der Waals surface area contributed by atoms with Crippen LogP contribution < -0.4 is 14.8 Å². The van der Waals surface area contributed by atoms with E-state index in [4.69, 9.17) is 19.3 Å². The van der Waals surface area contributed by atoms with Crippen LogP contribution in [0.15, 0.2) is 54.7 Å². The zero-order chi connectivity index (χ0) is 26.2. The summed E-state index contributed by atoms with van der Waals surface area (Å²) in [4.78, 5) is 45.8. The normalized spacial score (nSPS) is 11.3. The first kappa shape index (κ1) is 26.1. The number of nitrogens with zero attached hydrogens (tertiary/aromatic N) is 3. The van der Waals surface area contributed by atoms with Gasteiger partial charge in [0, 0.05) is 45.1 Å². The van der Waals surface area contributed by atoms with Gasteiger partial charge in [-0.25, -0.2) is 9.78 Å². The smallest absolute Gasteiger partial charge is 0.337 e. The molecule has 0 fully saturated rings. The highest BCUT2D eigenvalue weighted by Gasteiger charge is 2.16. The van der Waals surface area contributed by atoms with Gasteiger partial charge in [0.1, 0.15) is 17.7 Å². The minimum atomic E-state index is -1.12. The predicted molar refractivity (Wildman–Crippen MR) is 130 cm³/mol. The lowest BCUT2D eigenvalue weighted by molar-refractivity contribution is 0.0695. The van der Waals surface area contributed by atoms with Gasteiger partial charge in [0.15, 0.2) is 0 Å². The summed E-state index contributed by atoms with van der Waals surface area (Å²) < 4.78 is 16.7. The monoisotopic (exact) mass is 494 g/mol. The number of carbonyl (C=O) groups excluding carboxylic acids is 2. The number of carboxylic acids is 1. The molecule has 3 rings (SSSR count). The van der Waals surface area contributed by atoms with Crippen molar-refractivity contribution in [3.05, 3.63) is 71.4 Å². The fourth-order valence-corrected chi connectivity index (χ4v) is 3.03. The molecule has 0 aliphatic carbocycles. The maximum Gasteiger partial charge on any atom is 0.337 e. The van der Waals surface area contributed by atoms with E-state index in [2.05, 4.69) is 15.3 Å². The largest absolute Gasteiger partial charge is 0.478 e. The summed E-state index contributed by atoms with van der Waals surface area (Å²) in [5.41, 5.74) is 0.657. The number of rotatable bonds is 10. The second kappa shape index (κ2) is 11.8. The number of aromatic nitrogens is 2. The van der Waals surface area contributed by atoms with E-state index >= 15 is 0 Å². The number of methoxy groups -OCH3 is 1. The van der Waals surface area contributed by atoms with Crippen LogP contribution in [0.1, 0.15) is 38.0 Å². The SMILES string of the molecule is COC[C@@H](C)Oc1cc(C(=O)Nc2ccc(C(=O)O)cn2)cc(Oc2ccc(C(=O)N(C)C)cc2)n1. The summed E-state index contributed by atoms with van der Waals surface area (Å²) in [6.07, 6.45) is 0.792. The fourth-order valence-electron chi connectivity index (χ4n) is 3.03. The molecule has 0 aliphatic rings. The highest BCUT2D eigenvalue weighted by molar-refractivity contribution is 6.04. The van der Waals surface area contributed by atoms with Gasteiger partial charge in [-0.2, -0.15) is 4.98 Å². The molecule has 1 aromatic carbocycles. The Morgan fingerprint density at radius 3 is 2.25 bits per heavy atom. The summed E-state index contributed by atoms with van der Waals surface area (Å²) in [5, 5.41) is 11.6. The zero-order valence-corrected chi connectivity index (χ0v) is 20.2. The van der Waals surface area contributed by atoms with E-state index in [1.807, 2.05) is 0 Å². The molecule has 1 atom stereocenters. The number of carboxylic acid groups (broad SMARTS) is 1. The van der Waals surface area contributed by atoms with Crippen molar-refractivity contribution in [1.29, 1.82) is 0 Å². The van der Waals surface area contributed by atoms with Crippen LogP contribution in [0.4, 0.5) is 5.82 Å². The highest BCUT2D eigenvalue weighted by atomic mass is 16.5. The molecular weight excluding hydrogens is 468 g/mol. The van der Waals surface area contributed by atoms with Gasteiger partial charge in [0.2, 0.25) is 11.8 Å². The van der Waals surface area contributed by atoms with Gasteiger partial charge in [-0.05, 0) is 43.3 Å². The van der Waals surface area contributed by atoms with E-state index < -0.39 is 11.9 Å². The number of hydrogen-bond donors (Lipinski definition) is 2. The number of pyridine rings is 2. The van der Waals surface area contributed by atoms with E-state index in [-0.39, 0.29) is 40.7 Å². The van der Waals surface area contributed by atoms with E-state index in [0.29, 0.717) is 17.9 Å². The van der Waals surface area contributed by atoms with Crippen LogP contribution in [-0.2, 0) is 4.74 Å². The van der Waals surface area contributed by atoms with Crippen molar-refractivity contribution in [3.63, 3.8) is 0 Å². The van der Waals surface area contributed by atoms with Crippen LogP contribution in [0.25, 0.3) is 0 Å². The fraction of sp³-hybridized carbons (Fsp3) is 0.240. The Kier molecular flexibility index (Phi) is 8.52. The van der Waals surface area contributed by atoms with Crippen LogP contribution in [0.5, 0.6) is 17.5 Å². The molecule has 2 heterocycles. The first-order valence-electron chi connectivity index (χ1n) is 10.8. The summed E-state index contributed by atoms with van der Waals surface area (Å²) >= 11 is 0. The van der Waals surface area contributed by atoms with Crippen LogP contribution in [0.3, 0.4) is 0 Å². The molecule has 188 valence electrons. The van der Waals surface area contributed by atoms with Gasteiger partial charge in [-0.15, -0.1) is 0 Å². The summed E-state index contributed by atoms with van der Waals surface area (Å²) in [5.74, 6) is -1.01. The number of carbonyl (C=O) groups is 3. The minimum absolute atomic E-state index is 0.00582. The molecule has 11 nitrogen and oxygen atoms in total. The van der Waals surface area contributed by atoms with Gasteiger partial charge < -0.3 is 29.5 Å². The number of benzene rings is 1. The van der Waals surface area contributed by atoms with E-state index in [9.17, 15) is 14.4 Å². The second-order valence-corrected chi connectivity index (χ2v) is 7.93. The van der Waals surface area contributed by atoms with Crippen molar-refractivity contribution in [2.75, 3.05) is 33.1 Å². The molecule has 0 aliphatic heterocycles. The predicted octanol–water partition coefficient (Wildman–Crippen LogP) is 3.33. The van der Waals surface area contributed by atoms with Crippen molar-refractivity contribution in [2.45, 2.75) is 13.0 Å². The average Bonchev–Trinajstić information content (AvgIpc) is 2.84. The van der Waals surface area contributed by atoms with Gasteiger partial charge in [0.25, 0.3) is 11.8 Å². The average molecular weight is 495 g/mol. The number of amides is 2. The van der Waals surface area contributed by atoms with Gasteiger partial charge in [-0.3, -0.25) is 9.59 Å². The number of hydrogen-bond acceptors (Lipinski definition) is 8. The van der Waals surface area contributed by atoms with E-state index in [1.54, 1.807) is 52.4 Å². The number of ether oxygens (including phenoxy) is 3. The molecule has 0 saturated carbocycles. The number of nitrogens with one attached hydrogen (secondary N) is 1. The van der Waals surface area contributed by atoms with Crippen LogP contribution in [0.2, 0.25) is 0 Å². The number of aromatic carboxylic acids is 1. The van der Waals surface area contributed by atoms with Crippen molar-refractivity contribution >= 4 is 23.6 Å². The maximum absolute atomic E-state index is 12.9. The Balaban J connectivity index is 1.85. The molecule has 0 unspecified atom stereocenters. The molecule has 0 radical (unpaired) electrons. The topological polar surface area (TPSA) is 140 Å². The Bertz CT molecular complexity index is 1230. The Labute approximate surface area is 207 Å². The number of anilines is 1. The molecular formula is C25H26N4O7. The summed E-state index contributed by atoms with van der Waals surface area (Å²) in [6, 6.07) is 12.1. The van der Waals surface area contributed by atoms with Crippen LogP contribution >= 0.6 is 0 Å². The molecule has 3 aromatic rings. The third kappa shape index (κ3) is 7.00. The minimum Gasteiger partial charge on any atom is -0.478 e. The standard InChI is InChI=1S/C25H26N4O7/c1-15(14-34-4)35-21-11-18(23(30)27-20-10-7-17(13-26-20)25(32)33)12-22(28-21)36-19-8-5-16(6-9-19)24(31)29(2)3/h5-13,15H,14H2,1-4H3,(H,32,33)(H,26,27,30)/t15-/m1/s1. The molecule has 2 N–H and O–H groups in total. The molecule has 36 heavy (non-hydrogen) atoms. The van der Waals surface area contributed by atoms with Crippen molar-refractivity contribution in [3.8, 4) is 17.5 Å². The molecule has 0 spiro atoms. The Morgan fingerprint density at radius 2 is 1.67 bits per heavy atom. The highest BCUT2D eigenvalue weighted by Crippen LogP contribution is 2.25. The molecule has 2 amide bonds.